The molecule has 0 fully saturated rings. The van der Waals surface area contributed by atoms with Gasteiger partial charge in [0.1, 0.15) is 0 Å². The van der Waals surface area contributed by atoms with E-state index in [-0.39, 0.29) is 5.78 Å². The Hall–Kier alpha value is -1.35. The van der Waals surface area contributed by atoms with Crippen LogP contribution in [0.1, 0.15) is 17.3 Å². The van der Waals surface area contributed by atoms with Crippen molar-refractivity contribution in [2.45, 2.75) is 6.92 Å². The molecule has 0 aliphatic heterocycles. The molecule has 1 aromatic carbocycles. The number of anilines is 1. The summed E-state index contributed by atoms with van der Waals surface area (Å²) in [6.45, 7) is 1.54. The van der Waals surface area contributed by atoms with Crippen LogP contribution in [0.15, 0.2) is 24.3 Å². The molecule has 0 amide bonds. The predicted molar refractivity (Wildman–Crippen MR) is 47.1 cm³/mol. The van der Waals surface area contributed by atoms with Crippen molar-refractivity contribution in [1.29, 1.82) is 0 Å². The Bertz CT molecular complexity index is 266. The highest BCUT2D eigenvalue weighted by molar-refractivity contribution is 5.94. The molecule has 1 rings (SSSR count). The number of carbonyl (C=O) groups excluding carboxylic acids is 1. The van der Waals surface area contributed by atoms with Crippen LogP contribution in [0.25, 0.3) is 0 Å². The van der Waals surface area contributed by atoms with Gasteiger partial charge in [0.2, 0.25) is 0 Å². The third-order valence-electron chi connectivity index (χ3n) is 1.51. The van der Waals surface area contributed by atoms with E-state index in [0.717, 1.165) is 5.69 Å². The monoisotopic (exact) mass is 165 g/mol. The Morgan fingerprint density at radius 3 is 2.33 bits per heavy atom. The second kappa shape index (κ2) is 3.88. The van der Waals surface area contributed by atoms with Gasteiger partial charge in [-0.3, -0.25) is 15.1 Å². The Morgan fingerprint density at radius 1 is 1.33 bits per heavy atom. The van der Waals surface area contributed by atoms with Crippen molar-refractivity contribution in [3.63, 3.8) is 0 Å². The first kappa shape index (κ1) is 8.74. The van der Waals surface area contributed by atoms with Crippen LogP contribution in [0.4, 0.5) is 5.69 Å². The molecule has 0 aliphatic carbocycles. The summed E-state index contributed by atoms with van der Waals surface area (Å²) in [5, 5.41) is 0. The largest absolute Gasteiger partial charge is 0.295 e. The van der Waals surface area contributed by atoms with Gasteiger partial charge in [0, 0.05) is 5.56 Å². The zero-order valence-electron chi connectivity index (χ0n) is 7.13. The molecule has 0 saturated carbocycles. The first-order valence-corrected chi connectivity index (χ1v) is 3.64. The normalized spacial score (nSPS) is 9.50. The van der Waals surface area contributed by atoms with Crippen LogP contribution in [0.2, 0.25) is 0 Å². The molecule has 3 nitrogen and oxygen atoms in total. The standard InChI is InChI=1S/C9H11NO2/c1-7(11)8-3-5-9(6-4-8)10-12-2/h3-6,10H,1-2H3. The van der Waals surface area contributed by atoms with Crippen molar-refractivity contribution in [3.05, 3.63) is 29.8 Å². The molecule has 64 valence electrons. The average molecular weight is 165 g/mol. The molecule has 0 heterocycles. The van der Waals surface area contributed by atoms with Crippen LogP contribution < -0.4 is 5.48 Å². The van der Waals surface area contributed by atoms with Gasteiger partial charge in [-0.1, -0.05) is 0 Å². The van der Waals surface area contributed by atoms with Gasteiger partial charge in [0.25, 0.3) is 0 Å². The highest BCUT2D eigenvalue weighted by Crippen LogP contribution is 2.09. The van der Waals surface area contributed by atoms with Crippen molar-refractivity contribution in [2.24, 2.45) is 0 Å². The molecular formula is C9H11NO2. The lowest BCUT2D eigenvalue weighted by molar-refractivity contribution is 0.101. The average Bonchev–Trinajstić information content (AvgIpc) is 2.06. The topological polar surface area (TPSA) is 38.3 Å². The number of benzene rings is 1. The Kier molecular flexibility index (Phi) is 2.82. The van der Waals surface area contributed by atoms with Gasteiger partial charge in [-0.05, 0) is 31.2 Å². The lowest BCUT2D eigenvalue weighted by Gasteiger charge is -2.02. The first-order valence-electron chi connectivity index (χ1n) is 3.64. The van der Waals surface area contributed by atoms with E-state index in [9.17, 15) is 4.79 Å². The van der Waals surface area contributed by atoms with E-state index in [0.29, 0.717) is 5.56 Å². The number of hydrogen-bond donors (Lipinski definition) is 1. The minimum atomic E-state index is 0.0685. The van der Waals surface area contributed by atoms with Gasteiger partial charge < -0.3 is 0 Å². The smallest absolute Gasteiger partial charge is 0.159 e. The van der Waals surface area contributed by atoms with Crippen molar-refractivity contribution in [3.8, 4) is 0 Å². The van der Waals surface area contributed by atoms with Crippen molar-refractivity contribution >= 4 is 11.5 Å². The van der Waals surface area contributed by atoms with Gasteiger partial charge in [-0.2, -0.15) is 0 Å². The fraction of sp³-hybridized carbons (Fsp3) is 0.222. The molecule has 1 N–H and O–H groups in total. The third kappa shape index (κ3) is 2.07. The van der Waals surface area contributed by atoms with E-state index >= 15 is 0 Å². The Labute approximate surface area is 71.3 Å². The van der Waals surface area contributed by atoms with Gasteiger partial charge in [0.15, 0.2) is 5.78 Å². The zero-order valence-corrected chi connectivity index (χ0v) is 7.13. The molecule has 12 heavy (non-hydrogen) atoms. The molecular weight excluding hydrogens is 154 g/mol. The summed E-state index contributed by atoms with van der Waals surface area (Å²) in [5.41, 5.74) is 4.20. The lowest BCUT2D eigenvalue weighted by atomic mass is 10.1. The SMILES string of the molecule is CONc1ccc(C(C)=O)cc1. The minimum absolute atomic E-state index is 0.0685. The fourth-order valence-electron chi connectivity index (χ4n) is 0.891. The van der Waals surface area contributed by atoms with Crippen LogP contribution in [0.5, 0.6) is 0 Å². The summed E-state index contributed by atoms with van der Waals surface area (Å²) >= 11 is 0. The van der Waals surface area contributed by atoms with E-state index in [2.05, 4.69) is 5.48 Å². The number of ketones is 1. The van der Waals surface area contributed by atoms with Crippen LogP contribution in [0.3, 0.4) is 0 Å². The summed E-state index contributed by atoms with van der Waals surface area (Å²) in [5.74, 6) is 0.0685. The second-order valence-corrected chi connectivity index (χ2v) is 2.44. The molecule has 0 bridgehead atoms. The molecule has 0 spiro atoms. The molecule has 0 unspecified atom stereocenters. The van der Waals surface area contributed by atoms with Crippen LogP contribution in [0, 0.1) is 0 Å². The second-order valence-electron chi connectivity index (χ2n) is 2.44. The highest BCUT2D eigenvalue weighted by Gasteiger charge is 1.97. The summed E-state index contributed by atoms with van der Waals surface area (Å²) in [6, 6.07) is 7.09. The number of Topliss-reactive ketones (excluding diaryl/α,β-unsaturated/α-hetero) is 1. The minimum Gasteiger partial charge on any atom is -0.295 e. The van der Waals surface area contributed by atoms with Gasteiger partial charge >= 0.3 is 0 Å². The van der Waals surface area contributed by atoms with Gasteiger partial charge in [-0.15, -0.1) is 0 Å². The van der Waals surface area contributed by atoms with E-state index in [1.807, 2.05) is 0 Å². The van der Waals surface area contributed by atoms with E-state index in [1.54, 1.807) is 38.3 Å². The molecule has 3 heteroatoms. The third-order valence-corrected chi connectivity index (χ3v) is 1.51. The fourth-order valence-corrected chi connectivity index (χ4v) is 0.891. The van der Waals surface area contributed by atoms with Crippen molar-refractivity contribution < 1.29 is 9.63 Å². The predicted octanol–water partition coefficient (Wildman–Crippen LogP) is 1.86. The first-order chi connectivity index (χ1) is 5.74. The quantitative estimate of drug-likeness (QED) is 0.548. The molecule has 0 aliphatic rings. The molecule has 0 atom stereocenters. The van der Waals surface area contributed by atoms with E-state index < -0.39 is 0 Å². The number of hydrogen-bond acceptors (Lipinski definition) is 3. The Morgan fingerprint density at radius 2 is 1.92 bits per heavy atom. The van der Waals surface area contributed by atoms with E-state index in [4.69, 9.17) is 4.84 Å². The molecule has 0 aromatic heterocycles. The number of carbonyl (C=O) groups is 1. The number of nitrogens with one attached hydrogen (secondary N) is 1. The van der Waals surface area contributed by atoms with Crippen molar-refractivity contribution in [2.75, 3.05) is 12.6 Å². The Balaban J connectivity index is 2.78. The molecule has 0 radical (unpaired) electrons. The van der Waals surface area contributed by atoms with Crippen LogP contribution in [-0.2, 0) is 4.84 Å². The molecule has 1 aromatic rings. The lowest BCUT2D eigenvalue weighted by Crippen LogP contribution is -1.96. The highest BCUT2D eigenvalue weighted by atomic mass is 16.6. The van der Waals surface area contributed by atoms with Crippen molar-refractivity contribution in [1.82, 2.24) is 0 Å². The van der Waals surface area contributed by atoms with Gasteiger partial charge in [-0.25, -0.2) is 0 Å². The van der Waals surface area contributed by atoms with Crippen LogP contribution in [-0.4, -0.2) is 12.9 Å². The molecule has 0 saturated heterocycles. The summed E-state index contributed by atoms with van der Waals surface area (Å²) in [7, 11) is 1.54. The summed E-state index contributed by atoms with van der Waals surface area (Å²) in [6.07, 6.45) is 0. The van der Waals surface area contributed by atoms with E-state index in [1.165, 1.54) is 0 Å². The maximum absolute atomic E-state index is 10.9. The number of rotatable bonds is 3. The maximum Gasteiger partial charge on any atom is 0.159 e. The summed E-state index contributed by atoms with van der Waals surface area (Å²) in [4.78, 5) is 15.6. The van der Waals surface area contributed by atoms with Gasteiger partial charge in [0.05, 0.1) is 12.8 Å². The maximum atomic E-state index is 10.9. The zero-order chi connectivity index (χ0) is 8.97. The summed E-state index contributed by atoms with van der Waals surface area (Å²) < 4.78 is 0. The van der Waals surface area contributed by atoms with Crippen LogP contribution >= 0.6 is 0 Å².